The third kappa shape index (κ3) is 3.02. The van der Waals surface area contributed by atoms with Gasteiger partial charge < -0.3 is 0 Å². The molecule has 0 aromatic heterocycles. The summed E-state index contributed by atoms with van der Waals surface area (Å²) in [4.78, 5) is 27.2. The van der Waals surface area contributed by atoms with Gasteiger partial charge in [0.2, 0.25) is 0 Å². The van der Waals surface area contributed by atoms with Gasteiger partial charge in [-0.1, -0.05) is 0 Å². The fourth-order valence-corrected chi connectivity index (χ4v) is 16.7. The van der Waals surface area contributed by atoms with Crippen LogP contribution in [0, 0.1) is 10.7 Å². The number of carbonyl (C=O) groups is 2. The molecule has 5 aromatic carbocycles. The van der Waals surface area contributed by atoms with Crippen LogP contribution in [0.25, 0.3) is 16.8 Å². The second kappa shape index (κ2) is 8.16. The summed E-state index contributed by atoms with van der Waals surface area (Å²) in [5.74, 6) is -0.800. The number of hydrogen-bond acceptors (Lipinski definition) is 2. The summed E-state index contributed by atoms with van der Waals surface area (Å²) in [6.45, 7) is 4.40. The molecule has 44 heavy (non-hydrogen) atoms. The normalized spacial score (nSPS) is 26.1. The van der Waals surface area contributed by atoms with E-state index in [1.807, 2.05) is 24.3 Å². The van der Waals surface area contributed by atoms with E-state index in [2.05, 4.69) is 0 Å². The van der Waals surface area contributed by atoms with Gasteiger partial charge in [0.1, 0.15) is 0 Å². The van der Waals surface area contributed by atoms with Gasteiger partial charge in [-0.2, -0.15) is 0 Å². The Morgan fingerprint density at radius 1 is 0.545 bits per heavy atom. The van der Waals surface area contributed by atoms with E-state index in [0.717, 1.165) is 10.8 Å². The number of fused-ring (bicyclic) bond motifs is 2. The first-order valence-electron chi connectivity index (χ1n) is 14.5. The Morgan fingerprint density at radius 2 is 0.932 bits per heavy atom. The average molecular weight is 697 g/mol. The third-order valence-electron chi connectivity index (χ3n) is 9.87. The first-order valence-corrected chi connectivity index (χ1v) is 17.7. The second-order valence-electron chi connectivity index (χ2n) is 12.5. The number of Topliss-reactive ketones (excluding diaryl/α,β-unsaturated/α-hetero) is 2. The van der Waals surface area contributed by atoms with Crippen LogP contribution in [-0.4, -0.2) is 11.6 Å². The quantitative estimate of drug-likeness (QED) is 0.0995. The Morgan fingerprint density at radius 3 is 1.36 bits per heavy atom. The molecule has 0 amide bonds. The minimum absolute atomic E-state index is 0.0229. The van der Waals surface area contributed by atoms with E-state index in [-0.39, 0.29) is 5.57 Å². The Hall–Kier alpha value is -4.04. The number of allylic oxidation sites excluding steroid dienone is 1. The van der Waals surface area contributed by atoms with Crippen molar-refractivity contribution in [1.82, 2.24) is 0 Å². The molecule has 6 heteroatoms. The Bertz CT molecular complexity index is 2110. The van der Waals surface area contributed by atoms with Crippen LogP contribution in [0.15, 0.2) is 90.5 Å². The number of alkyl halides is 3. The second-order valence-corrected chi connectivity index (χ2v) is 17.4. The third-order valence-corrected chi connectivity index (χ3v) is 16.6. The summed E-state index contributed by atoms with van der Waals surface area (Å²) < 4.78 is 53.4. The Labute approximate surface area is 259 Å². The van der Waals surface area contributed by atoms with E-state index in [0.29, 0.717) is 60.8 Å². The Kier molecular flexibility index (Phi) is 4.89. The number of benzene rings is 5. The molecule has 0 N–H and O–H groups in total. The molecule has 0 saturated heterocycles. The molecule has 3 aliphatic heterocycles. The zero-order chi connectivity index (χ0) is 30.5. The van der Waals surface area contributed by atoms with Crippen molar-refractivity contribution in [3.8, 4) is 0 Å². The maximum absolute atomic E-state index is 17.3. The van der Waals surface area contributed by atoms with Crippen molar-refractivity contribution in [2.45, 2.75) is 37.8 Å². The first-order chi connectivity index (χ1) is 20.9. The summed E-state index contributed by atoms with van der Waals surface area (Å²) in [5.41, 5.74) is -2.50. The molecule has 0 bridgehead atoms. The van der Waals surface area contributed by atoms with Crippen molar-refractivity contribution < 1.29 is 22.8 Å². The zero-order valence-electron chi connectivity index (χ0n) is 24.0. The SMILES string of the molecule is CC1(F)c2cccc3c2I2c4c1cccc4C(C)(F)c1cc(C=C4C(=O)c5cc6ccccc6cc5C4=O)cc(c12)C3(C)F. The maximum atomic E-state index is 17.3. The van der Waals surface area contributed by atoms with E-state index < -0.39 is 48.4 Å². The topological polar surface area (TPSA) is 34.1 Å². The van der Waals surface area contributed by atoms with Gasteiger partial charge in [-0.05, 0) is 0 Å². The van der Waals surface area contributed by atoms with Gasteiger partial charge in [-0.15, -0.1) is 0 Å². The number of rotatable bonds is 1. The van der Waals surface area contributed by atoms with Crippen molar-refractivity contribution >= 4 is 48.2 Å². The fraction of sp³-hybridized carbons (Fsp3) is 0.158. The van der Waals surface area contributed by atoms with Gasteiger partial charge in [0.05, 0.1) is 0 Å². The van der Waals surface area contributed by atoms with E-state index in [1.165, 1.54) is 26.8 Å². The van der Waals surface area contributed by atoms with Crippen molar-refractivity contribution in [2.75, 3.05) is 0 Å². The Balaban J connectivity index is 1.31. The fourth-order valence-electron chi connectivity index (χ4n) is 7.56. The molecule has 5 aromatic rings. The molecule has 0 radical (unpaired) electrons. The molecule has 216 valence electrons. The van der Waals surface area contributed by atoms with Crippen LogP contribution in [0.2, 0.25) is 0 Å². The molecule has 9 rings (SSSR count). The van der Waals surface area contributed by atoms with Crippen molar-refractivity contribution in [3.63, 3.8) is 0 Å². The predicted molar refractivity (Wildman–Crippen MR) is 173 cm³/mol. The summed E-state index contributed by atoms with van der Waals surface area (Å²) >= 11 is -2.75. The van der Waals surface area contributed by atoms with Crippen LogP contribution in [0.4, 0.5) is 13.2 Å². The number of halogens is 4. The van der Waals surface area contributed by atoms with Gasteiger partial charge in [-0.3, -0.25) is 0 Å². The van der Waals surface area contributed by atoms with Crippen LogP contribution in [0.5, 0.6) is 0 Å². The number of ketones is 2. The number of carbonyl (C=O) groups excluding carboxylic acids is 2. The van der Waals surface area contributed by atoms with Crippen LogP contribution < -0.4 is 0 Å². The van der Waals surface area contributed by atoms with Gasteiger partial charge in [-0.25, -0.2) is 0 Å². The van der Waals surface area contributed by atoms with E-state index >= 15 is 13.2 Å². The van der Waals surface area contributed by atoms with Crippen molar-refractivity contribution in [2.24, 2.45) is 0 Å². The molecule has 0 spiro atoms. The van der Waals surface area contributed by atoms with Crippen LogP contribution in [0.1, 0.15) is 80.4 Å². The summed E-state index contributed by atoms with van der Waals surface area (Å²) in [7, 11) is 0. The van der Waals surface area contributed by atoms with Crippen molar-refractivity contribution in [3.05, 3.63) is 151 Å². The minimum atomic E-state index is -2.75. The molecule has 2 nitrogen and oxygen atoms in total. The van der Waals surface area contributed by atoms with Gasteiger partial charge in [0.15, 0.2) is 0 Å². The predicted octanol–water partition coefficient (Wildman–Crippen LogP) is 9.36. The summed E-state index contributed by atoms with van der Waals surface area (Å²) in [6.07, 6.45) is 1.49. The van der Waals surface area contributed by atoms with Gasteiger partial charge in [0, 0.05) is 0 Å². The molecule has 3 heterocycles. The van der Waals surface area contributed by atoms with Gasteiger partial charge >= 0.3 is 260 Å². The number of hydrogen-bond donors (Lipinski definition) is 0. The zero-order valence-corrected chi connectivity index (χ0v) is 26.1. The van der Waals surface area contributed by atoms with Gasteiger partial charge in [0.25, 0.3) is 0 Å². The van der Waals surface area contributed by atoms with Crippen LogP contribution in [-0.2, 0) is 17.0 Å². The average Bonchev–Trinajstić information content (AvgIpc) is 3.22. The van der Waals surface area contributed by atoms with Crippen molar-refractivity contribution in [1.29, 1.82) is 0 Å². The monoisotopic (exact) mass is 696 g/mol. The molecule has 0 saturated carbocycles. The first kappa shape index (κ1) is 26.4. The summed E-state index contributed by atoms with van der Waals surface area (Å²) in [6, 6.07) is 24.7. The molecule has 4 aliphatic rings. The van der Waals surface area contributed by atoms with E-state index in [9.17, 15) is 9.59 Å². The molecule has 0 fully saturated rings. The molecule has 1 aliphatic carbocycles. The molecule has 2 atom stereocenters. The van der Waals surface area contributed by atoms with E-state index in [4.69, 9.17) is 0 Å². The molecular weight excluding hydrogens is 672 g/mol. The van der Waals surface area contributed by atoms with E-state index in [1.54, 1.807) is 60.7 Å². The summed E-state index contributed by atoms with van der Waals surface area (Å²) in [5, 5.41) is 1.71. The molecule has 2 unspecified atom stereocenters. The van der Waals surface area contributed by atoms with Crippen LogP contribution >= 0.6 is 19.8 Å². The van der Waals surface area contributed by atoms with Crippen LogP contribution in [0.3, 0.4) is 0 Å². The molecular formula is C38H24F3IO2. The standard InChI is InChI=1S/C38H24F3IO2/c1-36(39)25-10-6-12-27-31(25)42-32-26(36)11-7-13-28(32)38(3,41)30-16-19(15-29(33(30)42)37(27,2)40)14-24-34(43)22-17-20-8-4-5-9-21(20)18-23(22)35(24)44/h4-18H,1-3H3.